The smallest absolute Gasteiger partial charge is 0.381 e. The molecule has 0 unspecified atom stereocenters. The number of nitrogens with zero attached hydrogens (tertiary/aromatic N) is 5. The number of aromatic nitrogens is 3. The van der Waals surface area contributed by atoms with Gasteiger partial charge in [0.15, 0.2) is 0 Å². The van der Waals surface area contributed by atoms with Gasteiger partial charge in [0.05, 0.1) is 10.5 Å². The summed E-state index contributed by atoms with van der Waals surface area (Å²) in [4.78, 5) is 37.6. The highest BCUT2D eigenvalue weighted by Gasteiger charge is 2.22. The molecule has 0 aliphatic rings. The molecule has 0 aliphatic heterocycles. The Balaban J connectivity index is 2.57. The number of pyridine rings is 1. The van der Waals surface area contributed by atoms with Crippen molar-refractivity contribution in [2.24, 2.45) is 0 Å². The Morgan fingerprint density at radius 1 is 1.25 bits per heavy atom. The second-order valence-electron chi connectivity index (χ2n) is 3.53. The van der Waals surface area contributed by atoms with Gasteiger partial charge in [-0.3, -0.25) is 14.7 Å². The Labute approximate surface area is 109 Å². The summed E-state index contributed by atoms with van der Waals surface area (Å²) in [5, 5.41) is 30.2. The molecule has 0 amide bonds. The number of nitro groups is 2. The second kappa shape index (κ2) is 4.72. The van der Waals surface area contributed by atoms with E-state index in [2.05, 4.69) is 9.97 Å². The minimum Gasteiger partial charge on any atom is -0.478 e. The first-order valence-electron chi connectivity index (χ1n) is 4.96. The first-order valence-corrected chi connectivity index (χ1v) is 4.96. The van der Waals surface area contributed by atoms with Crippen LogP contribution in [-0.2, 0) is 0 Å². The largest absolute Gasteiger partial charge is 0.478 e. The van der Waals surface area contributed by atoms with Gasteiger partial charge in [-0.15, -0.1) is 0 Å². The van der Waals surface area contributed by atoms with E-state index in [1.54, 1.807) is 0 Å². The number of imidazole rings is 1. The van der Waals surface area contributed by atoms with Crippen molar-refractivity contribution in [3.63, 3.8) is 0 Å². The number of aromatic carboxylic acids is 1. The number of hydrogen-bond acceptors (Lipinski definition) is 7. The summed E-state index contributed by atoms with van der Waals surface area (Å²) >= 11 is 0. The van der Waals surface area contributed by atoms with E-state index in [4.69, 9.17) is 5.11 Å². The minimum atomic E-state index is -1.37. The predicted octanol–water partition coefficient (Wildman–Crippen LogP) is 0.782. The molecule has 0 fully saturated rings. The number of hydrogen-bond donors (Lipinski definition) is 1. The molecule has 0 aliphatic carbocycles. The average molecular weight is 279 g/mol. The summed E-state index contributed by atoms with van der Waals surface area (Å²) in [6.07, 6.45) is 2.83. The third-order valence-electron chi connectivity index (χ3n) is 2.29. The van der Waals surface area contributed by atoms with Crippen LogP contribution >= 0.6 is 0 Å². The van der Waals surface area contributed by atoms with Gasteiger partial charge in [0, 0.05) is 12.3 Å². The number of carboxylic acids is 1. The fraction of sp³-hybridized carbons (Fsp3) is 0. The summed E-state index contributed by atoms with van der Waals surface area (Å²) < 4.78 is 0.974. The summed E-state index contributed by atoms with van der Waals surface area (Å²) in [6, 6.07) is 0.816. The van der Waals surface area contributed by atoms with Crippen LogP contribution in [0.25, 0.3) is 5.82 Å². The molecule has 2 aromatic heterocycles. The third-order valence-corrected chi connectivity index (χ3v) is 2.29. The van der Waals surface area contributed by atoms with Crippen LogP contribution in [0.3, 0.4) is 0 Å². The van der Waals surface area contributed by atoms with Gasteiger partial charge in [0.1, 0.15) is 6.20 Å². The maximum absolute atomic E-state index is 10.9. The van der Waals surface area contributed by atoms with Gasteiger partial charge < -0.3 is 15.2 Å². The van der Waals surface area contributed by atoms with Crippen molar-refractivity contribution in [3.8, 4) is 5.82 Å². The Bertz CT molecular complexity index is 723. The van der Waals surface area contributed by atoms with E-state index in [-0.39, 0.29) is 11.4 Å². The molecule has 2 heterocycles. The average Bonchev–Trinajstić information content (AvgIpc) is 2.87. The highest BCUT2D eigenvalue weighted by Crippen LogP contribution is 2.23. The third kappa shape index (κ3) is 2.27. The van der Waals surface area contributed by atoms with Gasteiger partial charge in [-0.2, -0.15) is 0 Å². The van der Waals surface area contributed by atoms with Crippen molar-refractivity contribution in [2.45, 2.75) is 0 Å². The molecule has 1 N–H and O–H groups in total. The van der Waals surface area contributed by atoms with Gasteiger partial charge in [-0.25, -0.2) is 9.78 Å². The number of carboxylic acid groups (broad SMARTS) is 1. The van der Waals surface area contributed by atoms with Crippen molar-refractivity contribution in [3.05, 3.63) is 50.6 Å². The van der Waals surface area contributed by atoms with Crippen molar-refractivity contribution in [2.75, 3.05) is 0 Å². The van der Waals surface area contributed by atoms with Crippen LogP contribution < -0.4 is 0 Å². The van der Waals surface area contributed by atoms with E-state index in [9.17, 15) is 25.0 Å². The van der Waals surface area contributed by atoms with Crippen LogP contribution in [0.1, 0.15) is 10.4 Å². The highest BCUT2D eigenvalue weighted by molar-refractivity contribution is 5.88. The van der Waals surface area contributed by atoms with Crippen molar-refractivity contribution in [1.82, 2.24) is 14.5 Å². The van der Waals surface area contributed by atoms with Gasteiger partial charge in [-0.05, 0) is 9.91 Å². The lowest BCUT2D eigenvalue weighted by Crippen LogP contribution is -2.05. The monoisotopic (exact) mass is 279 g/mol. The lowest BCUT2D eigenvalue weighted by Gasteiger charge is -2.02. The zero-order valence-corrected chi connectivity index (χ0v) is 9.53. The molecule has 0 radical (unpaired) electrons. The molecular weight excluding hydrogens is 274 g/mol. The minimum absolute atomic E-state index is 0.263. The molecule has 2 aromatic rings. The molecule has 0 aromatic carbocycles. The molecular formula is C9H5N5O6. The molecule has 20 heavy (non-hydrogen) atoms. The summed E-state index contributed by atoms with van der Waals surface area (Å²) in [5.74, 6) is -2.15. The van der Waals surface area contributed by atoms with Crippen LogP contribution in [0.2, 0.25) is 0 Å². The van der Waals surface area contributed by atoms with Gasteiger partial charge in [0.25, 0.3) is 0 Å². The molecule has 11 nitrogen and oxygen atoms in total. The zero-order valence-electron chi connectivity index (χ0n) is 9.53. The Morgan fingerprint density at radius 3 is 2.45 bits per heavy atom. The maximum atomic E-state index is 10.9. The summed E-state index contributed by atoms with van der Waals surface area (Å²) in [6.45, 7) is 0. The maximum Gasteiger partial charge on any atom is 0.381 e. The van der Waals surface area contributed by atoms with E-state index < -0.39 is 27.3 Å². The fourth-order valence-corrected chi connectivity index (χ4v) is 1.42. The highest BCUT2D eigenvalue weighted by atomic mass is 16.6. The quantitative estimate of drug-likeness (QED) is 0.635. The van der Waals surface area contributed by atoms with Gasteiger partial charge in [-0.1, -0.05) is 0 Å². The van der Waals surface area contributed by atoms with E-state index in [0.29, 0.717) is 0 Å². The van der Waals surface area contributed by atoms with Crippen LogP contribution in [-0.4, -0.2) is 35.5 Å². The fourth-order valence-electron chi connectivity index (χ4n) is 1.42. The van der Waals surface area contributed by atoms with E-state index >= 15 is 0 Å². The number of carbonyl (C=O) groups is 1. The molecule has 0 spiro atoms. The zero-order chi connectivity index (χ0) is 14.9. The Kier molecular flexibility index (Phi) is 3.08. The Hall–Kier alpha value is -3.37. The molecule has 11 heteroatoms. The molecule has 0 atom stereocenters. The molecule has 102 valence electrons. The van der Waals surface area contributed by atoms with Crippen molar-refractivity contribution in [1.29, 1.82) is 0 Å². The lowest BCUT2D eigenvalue weighted by atomic mass is 10.2. The van der Waals surface area contributed by atoms with Gasteiger partial charge in [0.2, 0.25) is 12.1 Å². The van der Waals surface area contributed by atoms with E-state index in [1.165, 1.54) is 0 Å². The summed E-state index contributed by atoms with van der Waals surface area (Å²) in [5.41, 5.74) is -0.965. The van der Waals surface area contributed by atoms with Crippen LogP contribution in [0.5, 0.6) is 0 Å². The topological polar surface area (TPSA) is 154 Å². The van der Waals surface area contributed by atoms with E-state index in [1.807, 2.05) is 0 Å². The second-order valence-corrected chi connectivity index (χ2v) is 3.53. The molecule has 0 saturated carbocycles. The SMILES string of the molecule is O=C(O)c1cnc(-n2cnc([N+](=O)[O-])c2)c([N+](=O)[O-])c1. The van der Waals surface area contributed by atoms with Crippen LogP contribution in [0.15, 0.2) is 24.8 Å². The van der Waals surface area contributed by atoms with Crippen LogP contribution in [0.4, 0.5) is 11.5 Å². The lowest BCUT2D eigenvalue weighted by molar-refractivity contribution is -0.389. The summed E-state index contributed by atoms with van der Waals surface area (Å²) in [7, 11) is 0. The molecule has 0 saturated heterocycles. The molecule has 0 bridgehead atoms. The van der Waals surface area contributed by atoms with Gasteiger partial charge >= 0.3 is 17.5 Å². The first-order chi connectivity index (χ1) is 9.40. The van der Waals surface area contributed by atoms with Crippen molar-refractivity contribution >= 4 is 17.5 Å². The Morgan fingerprint density at radius 2 is 1.95 bits per heavy atom. The number of rotatable bonds is 4. The normalized spacial score (nSPS) is 10.2. The molecule has 2 rings (SSSR count). The van der Waals surface area contributed by atoms with E-state index in [0.717, 1.165) is 29.4 Å². The van der Waals surface area contributed by atoms with Crippen LogP contribution in [0, 0.1) is 20.2 Å². The standard InChI is InChI=1S/C9H5N5O6/c15-9(16)5-1-6(13(17)18)8(10-2-5)12-3-7(11-4-12)14(19)20/h1-4H,(H,15,16). The predicted molar refractivity (Wildman–Crippen MR) is 61.6 cm³/mol. The van der Waals surface area contributed by atoms with Crippen molar-refractivity contribution < 1.29 is 19.7 Å². The first kappa shape index (κ1) is 13.1.